The molecule has 1 atom stereocenters. The van der Waals surface area contributed by atoms with E-state index in [2.05, 4.69) is 4.90 Å². The number of aryl methyl sites for hydroxylation is 1. The maximum Gasteiger partial charge on any atom is 0.222 e. The third kappa shape index (κ3) is 5.93. The first-order valence-electron chi connectivity index (χ1n) is 12.2. The van der Waals surface area contributed by atoms with Crippen molar-refractivity contribution in [2.45, 2.75) is 31.5 Å². The van der Waals surface area contributed by atoms with Crippen LogP contribution in [0.5, 0.6) is 17.4 Å². The van der Waals surface area contributed by atoms with E-state index in [1.165, 1.54) is 12.1 Å². The van der Waals surface area contributed by atoms with Gasteiger partial charge in [0.1, 0.15) is 35.7 Å². The zero-order chi connectivity index (χ0) is 24.9. The summed E-state index contributed by atoms with van der Waals surface area (Å²) in [7, 11) is 1.83. The van der Waals surface area contributed by atoms with Gasteiger partial charge in [0, 0.05) is 37.8 Å². The Kier molecular flexibility index (Phi) is 7.30. The molecule has 1 saturated carbocycles. The molecule has 3 aromatic carbocycles. The molecule has 186 valence electrons. The fraction of sp³-hybridized carbons (Fsp3) is 0.276. The summed E-state index contributed by atoms with van der Waals surface area (Å²) < 4.78 is 27.5. The fourth-order valence-electron chi connectivity index (χ4n) is 4.31. The van der Waals surface area contributed by atoms with Crippen LogP contribution >= 0.6 is 0 Å². The van der Waals surface area contributed by atoms with Crippen molar-refractivity contribution in [3.8, 4) is 28.6 Å². The van der Waals surface area contributed by atoms with Gasteiger partial charge in [0.2, 0.25) is 5.88 Å². The van der Waals surface area contributed by atoms with Gasteiger partial charge >= 0.3 is 0 Å². The van der Waals surface area contributed by atoms with Gasteiger partial charge in [-0.15, -0.1) is 0 Å². The Morgan fingerprint density at radius 2 is 1.69 bits per heavy atom. The Morgan fingerprint density at radius 1 is 1.00 bits per heavy atom. The molecule has 1 heterocycles. The Balaban J connectivity index is 1.40. The minimum atomic E-state index is -0.657. The molecule has 1 N–H and O–H groups in total. The molecule has 0 amide bonds. The van der Waals surface area contributed by atoms with Gasteiger partial charge in [-0.2, -0.15) is 5.10 Å². The molecule has 0 aliphatic heterocycles. The number of aliphatic hydroxyl groups is 1. The topological polar surface area (TPSA) is 59.8 Å². The molecule has 0 bridgehead atoms. The van der Waals surface area contributed by atoms with Crippen molar-refractivity contribution in [3.05, 3.63) is 96.3 Å². The minimum Gasteiger partial charge on any atom is -0.491 e. The summed E-state index contributed by atoms with van der Waals surface area (Å²) in [6.07, 6.45) is 1.50. The van der Waals surface area contributed by atoms with Crippen molar-refractivity contribution in [1.29, 1.82) is 0 Å². The lowest BCUT2D eigenvalue weighted by atomic mass is 10.1. The first-order valence-corrected chi connectivity index (χ1v) is 12.2. The molecule has 7 heteroatoms. The van der Waals surface area contributed by atoms with Gasteiger partial charge < -0.3 is 14.6 Å². The monoisotopic (exact) mass is 487 g/mol. The zero-order valence-electron chi connectivity index (χ0n) is 20.3. The molecule has 0 saturated heterocycles. The molecule has 1 aliphatic carbocycles. The SMILES string of the molecule is Cn1nc(-c2ccccc2)c(CN(CC(O)COc2ccccc2)C2CC2)c1Oc1cccc(F)c1. The number of hydrogen-bond acceptors (Lipinski definition) is 5. The molecule has 1 unspecified atom stereocenters. The molecule has 0 spiro atoms. The standard InChI is InChI=1S/C29H30FN3O3/c1-32-29(36-26-14-8-11-22(30)17-26)27(28(31-32)21-9-4-2-5-10-21)19-33(23-15-16-23)18-24(34)20-35-25-12-6-3-7-13-25/h2-14,17,23-24,34H,15-16,18-20H2,1H3. The van der Waals surface area contributed by atoms with E-state index in [9.17, 15) is 9.50 Å². The van der Waals surface area contributed by atoms with Crippen LogP contribution in [0.25, 0.3) is 11.3 Å². The van der Waals surface area contributed by atoms with E-state index in [1.807, 2.05) is 67.7 Å². The number of halogens is 1. The van der Waals surface area contributed by atoms with E-state index >= 15 is 0 Å². The average Bonchev–Trinajstić information content (AvgIpc) is 3.70. The predicted octanol–water partition coefficient (Wildman–Crippen LogP) is 5.42. The van der Waals surface area contributed by atoms with Gasteiger partial charge in [-0.1, -0.05) is 54.6 Å². The number of aromatic nitrogens is 2. The number of ether oxygens (including phenoxy) is 2. The highest BCUT2D eigenvalue weighted by Gasteiger charge is 2.33. The lowest BCUT2D eigenvalue weighted by Crippen LogP contribution is -2.36. The summed E-state index contributed by atoms with van der Waals surface area (Å²) in [5.74, 6) is 1.34. The summed E-state index contributed by atoms with van der Waals surface area (Å²) >= 11 is 0. The molecule has 36 heavy (non-hydrogen) atoms. The third-order valence-corrected chi connectivity index (χ3v) is 6.20. The molecular formula is C29H30FN3O3. The summed E-state index contributed by atoms with van der Waals surface area (Å²) in [6, 6.07) is 25.9. The lowest BCUT2D eigenvalue weighted by molar-refractivity contribution is 0.0624. The number of hydrogen-bond donors (Lipinski definition) is 1. The second-order valence-corrected chi connectivity index (χ2v) is 9.12. The van der Waals surface area contributed by atoms with Crippen molar-refractivity contribution < 1.29 is 19.0 Å². The summed E-state index contributed by atoms with van der Waals surface area (Å²) in [5, 5.41) is 15.6. The summed E-state index contributed by atoms with van der Waals surface area (Å²) in [4.78, 5) is 2.26. The molecule has 4 aromatic rings. The maximum atomic E-state index is 13.9. The van der Waals surface area contributed by atoms with Crippen LogP contribution in [0.3, 0.4) is 0 Å². The number of rotatable bonds is 11. The van der Waals surface area contributed by atoms with E-state index < -0.39 is 6.10 Å². The van der Waals surface area contributed by atoms with Gasteiger partial charge in [-0.3, -0.25) is 4.90 Å². The van der Waals surface area contributed by atoms with E-state index in [4.69, 9.17) is 14.6 Å². The van der Waals surface area contributed by atoms with Crippen LogP contribution in [-0.4, -0.2) is 45.1 Å². The largest absolute Gasteiger partial charge is 0.491 e. The molecule has 1 aliphatic rings. The molecule has 0 radical (unpaired) electrons. The molecule has 1 aromatic heterocycles. The highest BCUT2D eigenvalue weighted by Crippen LogP contribution is 2.37. The molecule has 6 nitrogen and oxygen atoms in total. The van der Waals surface area contributed by atoms with Crippen LogP contribution in [0.1, 0.15) is 18.4 Å². The zero-order valence-corrected chi connectivity index (χ0v) is 20.3. The van der Waals surface area contributed by atoms with E-state index in [0.717, 1.165) is 35.4 Å². The van der Waals surface area contributed by atoms with Gasteiger partial charge in [0.05, 0.1) is 5.56 Å². The van der Waals surface area contributed by atoms with E-state index in [0.29, 0.717) is 30.8 Å². The van der Waals surface area contributed by atoms with E-state index in [1.54, 1.807) is 16.8 Å². The maximum absolute atomic E-state index is 13.9. The normalized spacial score (nSPS) is 14.1. The Hall–Kier alpha value is -3.68. The Morgan fingerprint density at radius 3 is 2.39 bits per heavy atom. The van der Waals surface area contributed by atoms with Crippen molar-refractivity contribution >= 4 is 0 Å². The smallest absolute Gasteiger partial charge is 0.222 e. The third-order valence-electron chi connectivity index (χ3n) is 6.20. The van der Waals surface area contributed by atoms with E-state index in [-0.39, 0.29) is 12.4 Å². The average molecular weight is 488 g/mol. The molecule has 1 fully saturated rings. The summed E-state index contributed by atoms with van der Waals surface area (Å²) in [6.45, 7) is 1.20. The van der Waals surface area contributed by atoms with Crippen LogP contribution in [0.4, 0.5) is 4.39 Å². The van der Waals surface area contributed by atoms with Crippen LogP contribution in [0.15, 0.2) is 84.9 Å². The second-order valence-electron chi connectivity index (χ2n) is 9.12. The summed E-state index contributed by atoms with van der Waals surface area (Å²) in [5.41, 5.74) is 2.68. The number of aliphatic hydroxyl groups excluding tert-OH is 1. The van der Waals surface area contributed by atoms with Crippen LogP contribution in [0.2, 0.25) is 0 Å². The van der Waals surface area contributed by atoms with Gasteiger partial charge in [0.15, 0.2) is 0 Å². The number of benzene rings is 3. The fourth-order valence-corrected chi connectivity index (χ4v) is 4.31. The van der Waals surface area contributed by atoms with Gasteiger partial charge in [-0.25, -0.2) is 9.07 Å². The van der Waals surface area contributed by atoms with Gasteiger partial charge in [-0.05, 0) is 37.1 Å². The quantitative estimate of drug-likeness (QED) is 0.306. The van der Waals surface area contributed by atoms with Gasteiger partial charge in [0.25, 0.3) is 0 Å². The van der Waals surface area contributed by atoms with Crippen molar-refractivity contribution in [2.75, 3.05) is 13.2 Å². The first kappa shape index (κ1) is 24.0. The minimum absolute atomic E-state index is 0.207. The highest BCUT2D eigenvalue weighted by molar-refractivity contribution is 5.65. The van der Waals surface area contributed by atoms with Crippen LogP contribution in [0, 0.1) is 5.82 Å². The Bertz CT molecular complexity index is 1280. The van der Waals surface area contributed by atoms with Crippen molar-refractivity contribution in [3.63, 3.8) is 0 Å². The number of nitrogens with zero attached hydrogens (tertiary/aromatic N) is 3. The second kappa shape index (κ2) is 10.9. The first-order chi connectivity index (χ1) is 17.6. The highest BCUT2D eigenvalue weighted by atomic mass is 19.1. The van der Waals surface area contributed by atoms with Crippen LogP contribution in [-0.2, 0) is 13.6 Å². The molecular weight excluding hydrogens is 457 g/mol. The Labute approximate surface area is 210 Å². The van der Waals surface area contributed by atoms with Crippen molar-refractivity contribution in [2.24, 2.45) is 7.05 Å². The lowest BCUT2D eigenvalue weighted by Gasteiger charge is -2.25. The molecule has 5 rings (SSSR count). The van der Waals surface area contributed by atoms with Crippen molar-refractivity contribution in [1.82, 2.24) is 14.7 Å². The number of para-hydroxylation sites is 1. The predicted molar refractivity (Wildman–Crippen MR) is 136 cm³/mol. The van der Waals surface area contributed by atoms with Crippen LogP contribution < -0.4 is 9.47 Å².